The molecule has 1 unspecified atom stereocenters. The number of benzene rings is 1. The third-order valence-corrected chi connectivity index (χ3v) is 4.80. The molecule has 1 aromatic carbocycles. The van der Waals surface area contributed by atoms with Gasteiger partial charge in [0.1, 0.15) is 5.01 Å². The van der Waals surface area contributed by atoms with Crippen LogP contribution in [0.1, 0.15) is 30.8 Å². The molecule has 1 amide bonds. The quantitative estimate of drug-likeness (QED) is 0.663. The normalized spacial score (nSPS) is 11.6. The van der Waals surface area contributed by atoms with E-state index in [2.05, 4.69) is 31.5 Å². The Labute approximate surface area is 155 Å². The Bertz CT molecular complexity index is 618. The van der Waals surface area contributed by atoms with E-state index in [0.717, 1.165) is 33.7 Å². The van der Waals surface area contributed by atoms with E-state index >= 15 is 0 Å². The average Bonchev–Trinajstić information content (AvgIpc) is 2.98. The summed E-state index contributed by atoms with van der Waals surface area (Å²) in [4.78, 5) is 16.5. The first-order chi connectivity index (χ1) is 10.6. The molecule has 4 nitrogen and oxygen atoms in total. The molecule has 2 aromatic rings. The van der Waals surface area contributed by atoms with Gasteiger partial charge < -0.3 is 10.6 Å². The highest BCUT2D eigenvalue weighted by molar-refractivity contribution is 9.10. The summed E-state index contributed by atoms with van der Waals surface area (Å²) < 4.78 is 1.05. The van der Waals surface area contributed by atoms with Gasteiger partial charge in [-0.05, 0) is 39.1 Å². The number of nitrogens with zero attached hydrogens (tertiary/aromatic N) is 1. The molecule has 126 valence electrons. The fraction of sp³-hybridized carbons (Fsp3) is 0.375. The van der Waals surface area contributed by atoms with Gasteiger partial charge in [-0.1, -0.05) is 28.1 Å². The highest BCUT2D eigenvalue weighted by Crippen LogP contribution is 2.26. The van der Waals surface area contributed by atoms with Crippen molar-refractivity contribution in [2.75, 3.05) is 13.6 Å². The third-order valence-electron chi connectivity index (χ3n) is 3.24. The van der Waals surface area contributed by atoms with E-state index in [9.17, 15) is 4.79 Å². The zero-order valence-corrected chi connectivity index (χ0v) is 16.4. The minimum absolute atomic E-state index is 0. The Morgan fingerprint density at radius 1 is 1.35 bits per heavy atom. The molecule has 23 heavy (non-hydrogen) atoms. The van der Waals surface area contributed by atoms with Gasteiger partial charge in [-0.2, -0.15) is 0 Å². The van der Waals surface area contributed by atoms with Crippen LogP contribution in [0, 0.1) is 0 Å². The zero-order chi connectivity index (χ0) is 15.9. The van der Waals surface area contributed by atoms with Crippen LogP contribution in [0.25, 0.3) is 11.3 Å². The molecule has 0 bridgehead atoms. The van der Waals surface area contributed by atoms with E-state index in [4.69, 9.17) is 0 Å². The lowest BCUT2D eigenvalue weighted by Gasteiger charge is -2.11. The number of thiazole rings is 1. The molecular formula is C16H21BrClN3OS. The maximum Gasteiger partial charge on any atom is 0.220 e. The summed E-state index contributed by atoms with van der Waals surface area (Å²) in [5.74, 6) is 0.0724. The predicted molar refractivity (Wildman–Crippen MR) is 102 cm³/mol. The fourth-order valence-corrected chi connectivity index (χ4v) is 3.14. The van der Waals surface area contributed by atoms with Crippen molar-refractivity contribution in [2.24, 2.45) is 0 Å². The second-order valence-electron chi connectivity index (χ2n) is 5.07. The topological polar surface area (TPSA) is 54.0 Å². The van der Waals surface area contributed by atoms with Crippen LogP contribution in [0.5, 0.6) is 0 Å². The van der Waals surface area contributed by atoms with Crippen LogP contribution in [0.2, 0.25) is 0 Å². The van der Waals surface area contributed by atoms with Gasteiger partial charge >= 0.3 is 0 Å². The molecule has 1 aromatic heterocycles. The van der Waals surface area contributed by atoms with Crippen molar-refractivity contribution >= 4 is 45.6 Å². The molecular weight excluding hydrogens is 398 g/mol. The van der Waals surface area contributed by atoms with Crippen molar-refractivity contribution < 1.29 is 4.79 Å². The number of amides is 1. The fourth-order valence-electron chi connectivity index (χ4n) is 2.04. The molecule has 0 saturated heterocycles. The highest BCUT2D eigenvalue weighted by Gasteiger charge is 2.13. The lowest BCUT2D eigenvalue weighted by atomic mass is 10.2. The second-order valence-corrected chi connectivity index (χ2v) is 6.88. The predicted octanol–water partition coefficient (Wildman–Crippen LogP) is 4.17. The first-order valence-electron chi connectivity index (χ1n) is 7.25. The first-order valence-corrected chi connectivity index (χ1v) is 8.92. The molecule has 0 aliphatic carbocycles. The van der Waals surface area contributed by atoms with Gasteiger partial charge in [-0.3, -0.25) is 4.79 Å². The monoisotopic (exact) mass is 417 g/mol. The molecule has 0 aliphatic rings. The zero-order valence-electron chi connectivity index (χ0n) is 13.1. The van der Waals surface area contributed by atoms with Crippen molar-refractivity contribution in [2.45, 2.75) is 25.8 Å². The lowest BCUT2D eigenvalue weighted by Crippen LogP contribution is -2.27. The molecule has 0 fully saturated rings. The number of rotatable bonds is 7. The molecule has 0 aliphatic heterocycles. The van der Waals surface area contributed by atoms with Crippen LogP contribution in [0.15, 0.2) is 34.1 Å². The van der Waals surface area contributed by atoms with E-state index in [0.29, 0.717) is 6.42 Å². The van der Waals surface area contributed by atoms with Crippen LogP contribution in [0.4, 0.5) is 0 Å². The number of carbonyl (C=O) groups is 1. The smallest absolute Gasteiger partial charge is 0.220 e. The van der Waals surface area contributed by atoms with Crippen molar-refractivity contribution in [3.63, 3.8) is 0 Å². The molecule has 0 radical (unpaired) electrons. The standard InChI is InChI=1S/C16H20BrN3OS.ClH/c1-11(19-15(21)4-3-9-18-2)16-20-14(10-22-16)12-5-7-13(17)8-6-12;/h5-8,10-11,18H,3-4,9H2,1-2H3,(H,19,21);1H. The molecule has 1 atom stereocenters. The number of carbonyl (C=O) groups excluding carboxylic acids is 1. The summed E-state index contributed by atoms with van der Waals surface area (Å²) in [5, 5.41) is 9.00. The van der Waals surface area contributed by atoms with Crippen LogP contribution in [-0.4, -0.2) is 24.5 Å². The Hall–Kier alpha value is -0.950. The number of nitrogens with one attached hydrogen (secondary N) is 2. The van der Waals surface area contributed by atoms with Crippen LogP contribution in [-0.2, 0) is 4.79 Å². The number of aromatic nitrogens is 1. The van der Waals surface area contributed by atoms with Gasteiger partial charge in [0.15, 0.2) is 0 Å². The molecule has 0 spiro atoms. The first kappa shape index (κ1) is 20.1. The Morgan fingerprint density at radius 3 is 2.70 bits per heavy atom. The van der Waals surface area contributed by atoms with Gasteiger partial charge in [0.05, 0.1) is 11.7 Å². The van der Waals surface area contributed by atoms with E-state index in [1.165, 1.54) is 0 Å². The Kier molecular flexibility index (Phi) is 8.76. The minimum atomic E-state index is -0.0590. The molecule has 1 heterocycles. The van der Waals surface area contributed by atoms with Crippen molar-refractivity contribution in [3.05, 3.63) is 39.1 Å². The average molecular weight is 419 g/mol. The van der Waals surface area contributed by atoms with E-state index < -0.39 is 0 Å². The van der Waals surface area contributed by atoms with Gasteiger partial charge in [0, 0.05) is 21.8 Å². The van der Waals surface area contributed by atoms with Gasteiger partial charge in [0.2, 0.25) is 5.91 Å². The summed E-state index contributed by atoms with van der Waals surface area (Å²) in [6.07, 6.45) is 1.38. The van der Waals surface area contributed by atoms with Crippen molar-refractivity contribution in [3.8, 4) is 11.3 Å². The summed E-state index contributed by atoms with van der Waals surface area (Å²) in [5.41, 5.74) is 2.03. The summed E-state index contributed by atoms with van der Waals surface area (Å²) in [6, 6.07) is 8.01. The van der Waals surface area contributed by atoms with Crippen LogP contribution < -0.4 is 10.6 Å². The number of halogens is 2. The largest absolute Gasteiger partial charge is 0.347 e. The number of hydrogen-bond acceptors (Lipinski definition) is 4. The summed E-state index contributed by atoms with van der Waals surface area (Å²) in [7, 11) is 1.89. The Balaban J connectivity index is 0.00000264. The van der Waals surface area contributed by atoms with Crippen LogP contribution in [0.3, 0.4) is 0 Å². The molecule has 0 saturated carbocycles. The Morgan fingerprint density at radius 2 is 2.04 bits per heavy atom. The maximum atomic E-state index is 11.8. The molecule has 2 N–H and O–H groups in total. The second kappa shape index (κ2) is 10.0. The van der Waals surface area contributed by atoms with Gasteiger partial charge in [-0.15, -0.1) is 23.7 Å². The van der Waals surface area contributed by atoms with E-state index in [1.807, 2.05) is 43.6 Å². The van der Waals surface area contributed by atoms with Crippen LogP contribution >= 0.6 is 39.7 Å². The summed E-state index contributed by atoms with van der Waals surface area (Å²) in [6.45, 7) is 2.83. The summed E-state index contributed by atoms with van der Waals surface area (Å²) >= 11 is 5.01. The van der Waals surface area contributed by atoms with Gasteiger partial charge in [-0.25, -0.2) is 4.98 Å². The molecule has 7 heteroatoms. The van der Waals surface area contributed by atoms with Crippen molar-refractivity contribution in [1.29, 1.82) is 0 Å². The third kappa shape index (κ3) is 6.22. The molecule has 2 rings (SSSR count). The van der Waals surface area contributed by atoms with Gasteiger partial charge in [0.25, 0.3) is 0 Å². The highest BCUT2D eigenvalue weighted by atomic mass is 79.9. The minimum Gasteiger partial charge on any atom is -0.347 e. The van der Waals surface area contributed by atoms with Crippen molar-refractivity contribution in [1.82, 2.24) is 15.6 Å². The maximum absolute atomic E-state index is 11.8. The number of hydrogen-bond donors (Lipinski definition) is 2. The van der Waals surface area contributed by atoms with E-state index in [1.54, 1.807) is 11.3 Å². The lowest BCUT2D eigenvalue weighted by molar-refractivity contribution is -0.121. The SMILES string of the molecule is CNCCCC(=O)NC(C)c1nc(-c2ccc(Br)cc2)cs1.Cl. The van der Waals surface area contributed by atoms with E-state index in [-0.39, 0.29) is 24.4 Å².